The van der Waals surface area contributed by atoms with E-state index in [2.05, 4.69) is 50.9 Å². The molecule has 0 radical (unpaired) electrons. The number of nitrogens with zero attached hydrogens (tertiary/aromatic N) is 2. The third kappa shape index (κ3) is 6.55. The van der Waals surface area contributed by atoms with Crippen LogP contribution in [0.2, 0.25) is 10.0 Å². The van der Waals surface area contributed by atoms with Crippen LogP contribution in [0.25, 0.3) is 0 Å². The van der Waals surface area contributed by atoms with E-state index in [4.69, 9.17) is 27.9 Å². The monoisotopic (exact) mass is 587 g/mol. The topological polar surface area (TPSA) is 65.4 Å². The first kappa shape index (κ1) is 30.9. The summed E-state index contributed by atoms with van der Waals surface area (Å²) in [6.45, 7) is 12.9. The Morgan fingerprint density at radius 1 is 1.15 bits per heavy atom. The van der Waals surface area contributed by atoms with Gasteiger partial charge in [0.15, 0.2) is 5.78 Å². The SMILES string of the molecule is C[C@@H]1CN(CCCC(=O)[C@@H]2N[C@@H](CC(C)(C)C)[C@](C#N)(c3ccc(Cl)cc3)[C@H]2c2cccc(Cl)c2F)C[C@H](C)O1. The van der Waals surface area contributed by atoms with Crippen LogP contribution in [0.1, 0.15) is 70.9 Å². The first-order valence-electron chi connectivity index (χ1n) is 14.1. The number of benzene rings is 2. The molecular weight excluding hydrogens is 548 g/mol. The summed E-state index contributed by atoms with van der Waals surface area (Å²) in [6.07, 6.45) is 1.90. The average molecular weight is 589 g/mol. The fourth-order valence-corrected chi connectivity index (χ4v) is 6.95. The van der Waals surface area contributed by atoms with Crippen LogP contribution in [0, 0.1) is 22.6 Å². The Labute approximate surface area is 248 Å². The number of halogens is 3. The van der Waals surface area contributed by atoms with Crippen molar-refractivity contribution < 1.29 is 13.9 Å². The Hall–Kier alpha value is -2.01. The number of ether oxygens (including phenoxy) is 1. The molecule has 2 aliphatic heterocycles. The summed E-state index contributed by atoms with van der Waals surface area (Å²) in [7, 11) is 0. The summed E-state index contributed by atoms with van der Waals surface area (Å²) >= 11 is 12.5. The second-order valence-electron chi connectivity index (χ2n) is 12.7. The van der Waals surface area contributed by atoms with E-state index in [1.807, 2.05) is 12.1 Å². The van der Waals surface area contributed by atoms with E-state index in [1.54, 1.807) is 24.3 Å². The molecule has 0 bridgehead atoms. The van der Waals surface area contributed by atoms with Crippen molar-refractivity contribution in [1.29, 1.82) is 5.26 Å². The average Bonchev–Trinajstić information content (AvgIpc) is 3.18. The summed E-state index contributed by atoms with van der Waals surface area (Å²) in [5.41, 5.74) is -0.399. The molecule has 2 saturated heterocycles. The van der Waals surface area contributed by atoms with E-state index in [1.165, 1.54) is 6.07 Å². The van der Waals surface area contributed by atoms with Gasteiger partial charge in [-0.05, 0) is 68.0 Å². The van der Waals surface area contributed by atoms with Gasteiger partial charge in [-0.25, -0.2) is 4.39 Å². The summed E-state index contributed by atoms with van der Waals surface area (Å²) < 4.78 is 21.6. The molecule has 0 spiro atoms. The van der Waals surface area contributed by atoms with E-state index in [-0.39, 0.29) is 34.0 Å². The van der Waals surface area contributed by atoms with Gasteiger partial charge in [0.25, 0.3) is 0 Å². The van der Waals surface area contributed by atoms with Gasteiger partial charge in [-0.2, -0.15) is 5.26 Å². The molecule has 0 unspecified atom stereocenters. The highest BCUT2D eigenvalue weighted by atomic mass is 35.5. The lowest BCUT2D eigenvalue weighted by molar-refractivity contribution is -0.121. The van der Waals surface area contributed by atoms with Crippen LogP contribution in [0.15, 0.2) is 42.5 Å². The second kappa shape index (κ2) is 12.5. The Morgan fingerprint density at radius 2 is 1.80 bits per heavy atom. The highest BCUT2D eigenvalue weighted by Gasteiger charge is 2.59. The van der Waals surface area contributed by atoms with Crippen molar-refractivity contribution in [2.75, 3.05) is 19.6 Å². The number of nitriles is 1. The fourth-order valence-electron chi connectivity index (χ4n) is 6.64. The minimum atomic E-state index is -1.22. The van der Waals surface area contributed by atoms with Crippen molar-refractivity contribution >= 4 is 29.0 Å². The third-order valence-corrected chi connectivity index (χ3v) is 8.68. The Kier molecular flexibility index (Phi) is 9.64. The van der Waals surface area contributed by atoms with Crippen molar-refractivity contribution in [3.8, 4) is 6.07 Å². The molecule has 0 amide bonds. The molecule has 0 aliphatic carbocycles. The van der Waals surface area contributed by atoms with E-state index >= 15 is 4.39 Å². The molecule has 8 heteroatoms. The highest BCUT2D eigenvalue weighted by Crippen LogP contribution is 2.52. The van der Waals surface area contributed by atoms with Crippen molar-refractivity contribution in [2.24, 2.45) is 5.41 Å². The molecule has 4 rings (SSSR count). The summed E-state index contributed by atoms with van der Waals surface area (Å²) in [5, 5.41) is 15.1. The molecule has 40 heavy (non-hydrogen) atoms. The number of hydrogen-bond acceptors (Lipinski definition) is 5. The van der Waals surface area contributed by atoms with Crippen LogP contribution >= 0.6 is 23.2 Å². The number of Topliss-reactive ketones (excluding diaryl/α,β-unsaturated/α-hetero) is 1. The predicted octanol–water partition coefficient (Wildman–Crippen LogP) is 6.91. The third-order valence-electron chi connectivity index (χ3n) is 8.13. The maximum Gasteiger partial charge on any atom is 0.150 e. The van der Waals surface area contributed by atoms with Gasteiger partial charge in [-0.3, -0.25) is 9.69 Å². The van der Waals surface area contributed by atoms with Gasteiger partial charge in [0.05, 0.1) is 29.3 Å². The Bertz CT molecular complexity index is 1230. The first-order chi connectivity index (χ1) is 18.9. The number of morpholine rings is 1. The highest BCUT2D eigenvalue weighted by molar-refractivity contribution is 6.31. The second-order valence-corrected chi connectivity index (χ2v) is 13.5. The lowest BCUT2D eigenvalue weighted by Gasteiger charge is -2.37. The summed E-state index contributed by atoms with van der Waals surface area (Å²) in [4.78, 5) is 16.3. The lowest BCUT2D eigenvalue weighted by Crippen LogP contribution is -2.46. The minimum Gasteiger partial charge on any atom is -0.373 e. The summed E-state index contributed by atoms with van der Waals surface area (Å²) in [6, 6.07) is 13.4. The van der Waals surface area contributed by atoms with E-state index < -0.39 is 29.2 Å². The van der Waals surface area contributed by atoms with Crippen molar-refractivity contribution in [2.45, 2.75) is 89.5 Å². The van der Waals surface area contributed by atoms with E-state index in [0.717, 1.165) is 19.6 Å². The van der Waals surface area contributed by atoms with Gasteiger partial charge >= 0.3 is 0 Å². The van der Waals surface area contributed by atoms with Gasteiger partial charge in [-0.15, -0.1) is 0 Å². The lowest BCUT2D eigenvalue weighted by atomic mass is 9.62. The van der Waals surface area contributed by atoms with Crippen molar-refractivity contribution in [1.82, 2.24) is 10.2 Å². The molecule has 1 N–H and O–H groups in total. The van der Waals surface area contributed by atoms with Crippen molar-refractivity contribution in [3.63, 3.8) is 0 Å². The van der Waals surface area contributed by atoms with Gasteiger partial charge < -0.3 is 10.1 Å². The minimum absolute atomic E-state index is 0.0243. The maximum atomic E-state index is 15.8. The van der Waals surface area contributed by atoms with Crippen LogP contribution in [0.4, 0.5) is 4.39 Å². The normalized spacial score (nSPS) is 29.3. The van der Waals surface area contributed by atoms with Crippen LogP contribution < -0.4 is 5.32 Å². The van der Waals surface area contributed by atoms with Gasteiger partial charge in [0, 0.05) is 36.5 Å². The summed E-state index contributed by atoms with van der Waals surface area (Å²) in [5.74, 6) is -1.39. The molecule has 2 aliphatic rings. The zero-order chi connectivity index (χ0) is 29.2. The molecule has 6 atom stereocenters. The fraction of sp³-hybridized carbons (Fsp3) is 0.562. The van der Waals surface area contributed by atoms with Crippen LogP contribution in [-0.2, 0) is 14.9 Å². The predicted molar refractivity (Wildman–Crippen MR) is 158 cm³/mol. The Balaban J connectivity index is 1.73. The molecule has 2 aromatic rings. The molecule has 2 aromatic carbocycles. The molecule has 216 valence electrons. The van der Waals surface area contributed by atoms with Crippen molar-refractivity contribution in [3.05, 3.63) is 69.5 Å². The molecule has 5 nitrogen and oxygen atoms in total. The molecule has 2 heterocycles. The molecule has 0 aromatic heterocycles. The molecule has 0 saturated carbocycles. The Morgan fingerprint density at radius 3 is 2.40 bits per heavy atom. The number of carbonyl (C=O) groups is 1. The van der Waals surface area contributed by atoms with Crippen LogP contribution in [0.3, 0.4) is 0 Å². The van der Waals surface area contributed by atoms with Crippen LogP contribution in [0.5, 0.6) is 0 Å². The van der Waals surface area contributed by atoms with E-state index in [0.29, 0.717) is 29.8 Å². The van der Waals surface area contributed by atoms with Crippen LogP contribution in [-0.4, -0.2) is 54.6 Å². The van der Waals surface area contributed by atoms with Gasteiger partial charge in [0.1, 0.15) is 11.2 Å². The van der Waals surface area contributed by atoms with Gasteiger partial charge in [-0.1, -0.05) is 68.2 Å². The van der Waals surface area contributed by atoms with Gasteiger partial charge in [0.2, 0.25) is 0 Å². The number of carbonyl (C=O) groups excluding carboxylic acids is 1. The number of nitrogens with one attached hydrogen (secondary N) is 1. The molecular formula is C32H40Cl2FN3O2. The largest absolute Gasteiger partial charge is 0.373 e. The maximum absolute atomic E-state index is 15.8. The number of hydrogen-bond donors (Lipinski definition) is 1. The number of rotatable bonds is 8. The number of ketones is 1. The first-order valence-corrected chi connectivity index (χ1v) is 14.9. The zero-order valence-corrected chi connectivity index (χ0v) is 25.5. The standard InChI is InChI=1S/C32H40Cl2FN3O2/c1-20-17-38(18-21(2)40-20)15-7-10-26(39)30-28(24-8-6-9-25(34)29(24)35)32(19-36,22-11-13-23(33)14-12-22)27(37-30)16-31(3,4)5/h6,8-9,11-14,20-21,27-28,30,37H,7,10,15-18H2,1-5H3/t20-,21+,27-,28-,30-,32-/m0/s1. The quantitative estimate of drug-likeness (QED) is 0.363. The van der Waals surface area contributed by atoms with E-state index in [9.17, 15) is 10.1 Å². The zero-order valence-electron chi connectivity index (χ0n) is 24.0. The smallest absolute Gasteiger partial charge is 0.150 e. The molecule has 2 fully saturated rings.